The lowest BCUT2D eigenvalue weighted by Gasteiger charge is -2.21. The predicted molar refractivity (Wildman–Crippen MR) is 131 cm³/mol. The second kappa shape index (κ2) is 8.75. The molecule has 0 bridgehead atoms. The van der Waals surface area contributed by atoms with Gasteiger partial charge in [0.15, 0.2) is 5.43 Å². The van der Waals surface area contributed by atoms with E-state index in [0.29, 0.717) is 33.3 Å². The second-order valence-corrected chi connectivity index (χ2v) is 7.92. The standard InChI is InChI=1S/C28H19FN2O3/c29-24-12-6-4-10-21(24)18-30-25-13-7-5-11-23(25)28(32)26(27(30)20-8-2-1-3-9-20)19-14-16-22(17-15-19)31(33)34/h1-17H,18H2. The van der Waals surface area contributed by atoms with E-state index in [-0.39, 0.29) is 23.5 Å². The van der Waals surface area contributed by atoms with Crippen LogP contribution in [0.3, 0.4) is 0 Å². The smallest absolute Gasteiger partial charge is 0.269 e. The number of para-hydroxylation sites is 1. The third-order valence-corrected chi connectivity index (χ3v) is 5.87. The zero-order chi connectivity index (χ0) is 23.7. The van der Waals surface area contributed by atoms with Crippen LogP contribution < -0.4 is 5.43 Å². The lowest BCUT2D eigenvalue weighted by molar-refractivity contribution is -0.384. The van der Waals surface area contributed by atoms with E-state index in [0.717, 1.165) is 5.56 Å². The van der Waals surface area contributed by atoms with Gasteiger partial charge < -0.3 is 4.57 Å². The molecule has 0 saturated heterocycles. The number of aromatic nitrogens is 1. The first-order chi connectivity index (χ1) is 16.5. The maximum Gasteiger partial charge on any atom is 0.269 e. The van der Waals surface area contributed by atoms with Gasteiger partial charge in [0.25, 0.3) is 5.69 Å². The Kier molecular flexibility index (Phi) is 5.47. The van der Waals surface area contributed by atoms with Crippen LogP contribution in [0, 0.1) is 15.9 Å². The first-order valence-corrected chi connectivity index (χ1v) is 10.7. The molecule has 34 heavy (non-hydrogen) atoms. The monoisotopic (exact) mass is 450 g/mol. The summed E-state index contributed by atoms with van der Waals surface area (Å²) in [7, 11) is 0. The van der Waals surface area contributed by atoms with Crippen molar-refractivity contribution in [3.63, 3.8) is 0 Å². The van der Waals surface area contributed by atoms with Crippen molar-refractivity contribution >= 4 is 16.6 Å². The Labute approximate surface area is 194 Å². The minimum atomic E-state index is -0.473. The van der Waals surface area contributed by atoms with Gasteiger partial charge in [-0.3, -0.25) is 14.9 Å². The first-order valence-electron chi connectivity index (χ1n) is 10.7. The molecular formula is C28H19FN2O3. The number of fused-ring (bicyclic) bond motifs is 1. The number of pyridine rings is 1. The van der Waals surface area contributed by atoms with E-state index < -0.39 is 4.92 Å². The summed E-state index contributed by atoms with van der Waals surface area (Å²) >= 11 is 0. The normalized spacial score (nSPS) is 11.0. The van der Waals surface area contributed by atoms with Gasteiger partial charge in [-0.15, -0.1) is 0 Å². The number of hydrogen-bond acceptors (Lipinski definition) is 3. The maximum atomic E-state index is 14.7. The van der Waals surface area contributed by atoms with E-state index in [1.807, 2.05) is 47.0 Å². The van der Waals surface area contributed by atoms with Crippen LogP contribution in [0.5, 0.6) is 0 Å². The number of benzene rings is 4. The molecule has 4 aromatic carbocycles. The zero-order valence-corrected chi connectivity index (χ0v) is 18.0. The number of nitrogens with zero attached hydrogens (tertiary/aromatic N) is 2. The molecule has 0 spiro atoms. The summed E-state index contributed by atoms with van der Waals surface area (Å²) in [5, 5.41) is 11.7. The Morgan fingerprint density at radius 3 is 2.12 bits per heavy atom. The minimum Gasteiger partial charge on any atom is -0.335 e. The van der Waals surface area contributed by atoms with Crippen LogP contribution in [-0.4, -0.2) is 9.49 Å². The van der Waals surface area contributed by atoms with E-state index >= 15 is 0 Å². The summed E-state index contributed by atoms with van der Waals surface area (Å²) < 4.78 is 16.6. The number of non-ortho nitro benzene ring substituents is 1. The van der Waals surface area contributed by atoms with Gasteiger partial charge in [-0.2, -0.15) is 0 Å². The molecule has 0 N–H and O–H groups in total. The van der Waals surface area contributed by atoms with Crippen LogP contribution in [0.2, 0.25) is 0 Å². The van der Waals surface area contributed by atoms with E-state index in [1.54, 1.807) is 42.5 Å². The van der Waals surface area contributed by atoms with Crippen molar-refractivity contribution < 1.29 is 9.31 Å². The van der Waals surface area contributed by atoms with Crippen molar-refractivity contribution in [2.24, 2.45) is 0 Å². The van der Waals surface area contributed by atoms with E-state index in [2.05, 4.69) is 0 Å². The molecule has 1 heterocycles. The molecule has 166 valence electrons. The van der Waals surface area contributed by atoms with Crippen LogP contribution in [0.4, 0.5) is 10.1 Å². The molecule has 0 saturated carbocycles. The maximum absolute atomic E-state index is 14.7. The average molecular weight is 450 g/mol. The SMILES string of the molecule is O=c1c(-c2ccc([N+](=O)[O-])cc2)c(-c2ccccc2)n(Cc2ccccc2F)c2ccccc12. The Morgan fingerprint density at radius 2 is 1.41 bits per heavy atom. The highest BCUT2D eigenvalue weighted by molar-refractivity contribution is 5.92. The molecule has 0 radical (unpaired) electrons. The van der Waals surface area contributed by atoms with Gasteiger partial charge >= 0.3 is 0 Å². The van der Waals surface area contributed by atoms with E-state index in [4.69, 9.17) is 0 Å². The van der Waals surface area contributed by atoms with Crippen LogP contribution in [-0.2, 0) is 6.54 Å². The Morgan fingerprint density at radius 1 is 0.765 bits per heavy atom. The van der Waals surface area contributed by atoms with Crippen LogP contribution in [0.15, 0.2) is 108 Å². The number of hydrogen-bond donors (Lipinski definition) is 0. The van der Waals surface area contributed by atoms with Crippen molar-refractivity contribution in [2.45, 2.75) is 6.54 Å². The zero-order valence-electron chi connectivity index (χ0n) is 18.0. The second-order valence-electron chi connectivity index (χ2n) is 7.92. The molecule has 0 aliphatic heterocycles. The van der Waals surface area contributed by atoms with Crippen LogP contribution in [0.25, 0.3) is 33.3 Å². The van der Waals surface area contributed by atoms with Crippen molar-refractivity contribution in [2.75, 3.05) is 0 Å². The van der Waals surface area contributed by atoms with Gasteiger partial charge in [0.2, 0.25) is 0 Å². The van der Waals surface area contributed by atoms with Crippen molar-refractivity contribution in [1.29, 1.82) is 0 Å². The molecule has 0 fully saturated rings. The molecule has 0 unspecified atom stereocenters. The lowest BCUT2D eigenvalue weighted by atomic mass is 9.95. The highest BCUT2D eigenvalue weighted by Gasteiger charge is 2.21. The van der Waals surface area contributed by atoms with Crippen LogP contribution in [0.1, 0.15) is 5.56 Å². The average Bonchev–Trinajstić information content (AvgIpc) is 2.87. The van der Waals surface area contributed by atoms with E-state index in [1.165, 1.54) is 18.2 Å². The van der Waals surface area contributed by atoms with Crippen molar-refractivity contribution in [3.8, 4) is 22.4 Å². The number of halogens is 1. The largest absolute Gasteiger partial charge is 0.335 e. The Bertz CT molecular complexity index is 1580. The molecule has 0 amide bonds. The molecule has 0 aliphatic carbocycles. The van der Waals surface area contributed by atoms with Gasteiger partial charge in [0, 0.05) is 23.1 Å². The van der Waals surface area contributed by atoms with Gasteiger partial charge in [0.05, 0.1) is 28.2 Å². The molecule has 1 aromatic heterocycles. The molecule has 5 aromatic rings. The summed E-state index contributed by atoms with van der Waals surface area (Å²) in [4.78, 5) is 24.5. The van der Waals surface area contributed by atoms with Crippen LogP contribution >= 0.6 is 0 Å². The molecule has 0 atom stereocenters. The van der Waals surface area contributed by atoms with Gasteiger partial charge in [-0.25, -0.2) is 4.39 Å². The van der Waals surface area contributed by atoms with E-state index in [9.17, 15) is 19.3 Å². The molecule has 5 nitrogen and oxygen atoms in total. The Hall–Kier alpha value is -4.58. The van der Waals surface area contributed by atoms with Gasteiger partial charge in [-0.1, -0.05) is 60.7 Å². The summed E-state index contributed by atoms with van der Waals surface area (Å²) in [5.74, 6) is -0.332. The topological polar surface area (TPSA) is 65.1 Å². The fraction of sp³-hybridized carbons (Fsp3) is 0.0357. The molecule has 5 rings (SSSR count). The summed E-state index contributed by atoms with van der Waals surface area (Å²) in [6, 6.07) is 29.2. The summed E-state index contributed by atoms with van der Waals surface area (Å²) in [5.41, 5.74) is 3.31. The third-order valence-electron chi connectivity index (χ3n) is 5.87. The molecule has 0 aliphatic rings. The highest BCUT2D eigenvalue weighted by atomic mass is 19.1. The molecular weight excluding hydrogens is 431 g/mol. The minimum absolute atomic E-state index is 0.0579. The number of nitro groups is 1. The third kappa shape index (κ3) is 3.75. The van der Waals surface area contributed by atoms with Gasteiger partial charge in [0.1, 0.15) is 5.82 Å². The fourth-order valence-corrected chi connectivity index (χ4v) is 4.27. The summed E-state index contributed by atoms with van der Waals surface area (Å²) in [6.07, 6.45) is 0. The number of nitro benzene ring substituents is 1. The fourth-order valence-electron chi connectivity index (χ4n) is 4.27. The summed E-state index contributed by atoms with van der Waals surface area (Å²) in [6.45, 7) is 0.206. The number of rotatable bonds is 5. The first kappa shape index (κ1) is 21.3. The van der Waals surface area contributed by atoms with Crippen molar-refractivity contribution in [3.05, 3.63) is 135 Å². The lowest BCUT2D eigenvalue weighted by Crippen LogP contribution is -2.17. The quantitative estimate of drug-likeness (QED) is 0.229. The van der Waals surface area contributed by atoms with Crippen molar-refractivity contribution in [1.82, 2.24) is 4.57 Å². The molecule has 6 heteroatoms. The van der Waals surface area contributed by atoms with Gasteiger partial charge in [-0.05, 0) is 41.5 Å². The highest BCUT2D eigenvalue weighted by Crippen LogP contribution is 2.34. The predicted octanol–water partition coefficient (Wildman–Crippen LogP) is 6.43. The Balaban J connectivity index is 1.89.